The summed E-state index contributed by atoms with van der Waals surface area (Å²) < 4.78 is 5.39. The van der Waals surface area contributed by atoms with Crippen LogP contribution in [-0.2, 0) is 4.74 Å². The lowest BCUT2D eigenvalue weighted by molar-refractivity contribution is 0.0470. The first-order chi connectivity index (χ1) is 11.3. The third-order valence-electron chi connectivity index (χ3n) is 4.72. The van der Waals surface area contributed by atoms with E-state index in [1.807, 2.05) is 18.2 Å². The molecule has 3 heteroatoms. The zero-order chi connectivity index (χ0) is 16.3. The molecule has 0 aliphatic carbocycles. The second-order valence-electron chi connectivity index (χ2n) is 6.54. The number of carbonyl (C=O) groups excluding carboxylic acids is 1. The Bertz CT molecular complexity index is 446. The molecule has 0 saturated carbocycles. The summed E-state index contributed by atoms with van der Waals surface area (Å²) in [5, 5.41) is 0. The summed E-state index contributed by atoms with van der Waals surface area (Å²) in [7, 11) is 0. The third-order valence-corrected chi connectivity index (χ3v) is 4.72. The molecule has 1 aromatic rings. The van der Waals surface area contributed by atoms with Gasteiger partial charge in [0, 0.05) is 12.6 Å². The fourth-order valence-corrected chi connectivity index (χ4v) is 3.40. The van der Waals surface area contributed by atoms with Crippen molar-refractivity contribution in [2.75, 3.05) is 19.7 Å². The second kappa shape index (κ2) is 10.4. The Morgan fingerprint density at radius 1 is 1.17 bits per heavy atom. The average Bonchev–Trinajstić information content (AvgIpc) is 2.60. The number of nitrogens with zero attached hydrogens (tertiary/aromatic N) is 1. The highest BCUT2D eigenvalue weighted by molar-refractivity contribution is 5.89. The first-order valence-electron chi connectivity index (χ1n) is 9.27. The molecule has 2 rings (SSSR count). The van der Waals surface area contributed by atoms with Crippen molar-refractivity contribution in [2.45, 2.75) is 64.3 Å². The van der Waals surface area contributed by atoms with Gasteiger partial charge in [0.25, 0.3) is 0 Å². The van der Waals surface area contributed by atoms with Crippen molar-refractivity contribution >= 4 is 5.97 Å². The summed E-state index contributed by atoms with van der Waals surface area (Å²) >= 11 is 0. The molecule has 23 heavy (non-hydrogen) atoms. The third kappa shape index (κ3) is 6.34. The Balaban J connectivity index is 1.66. The van der Waals surface area contributed by atoms with Gasteiger partial charge in [-0.15, -0.1) is 0 Å². The molecule has 0 spiro atoms. The van der Waals surface area contributed by atoms with Crippen LogP contribution in [-0.4, -0.2) is 36.6 Å². The summed E-state index contributed by atoms with van der Waals surface area (Å²) in [4.78, 5) is 14.5. The predicted molar refractivity (Wildman–Crippen MR) is 94.7 cm³/mol. The van der Waals surface area contributed by atoms with Gasteiger partial charge in [-0.25, -0.2) is 4.79 Å². The molecule has 0 bridgehead atoms. The van der Waals surface area contributed by atoms with E-state index >= 15 is 0 Å². The van der Waals surface area contributed by atoms with Crippen LogP contribution in [0.2, 0.25) is 0 Å². The van der Waals surface area contributed by atoms with Crippen molar-refractivity contribution in [3.05, 3.63) is 35.9 Å². The number of ether oxygens (including phenoxy) is 1. The fraction of sp³-hybridized carbons (Fsp3) is 0.650. The standard InChI is InChI=1S/C20H31NO2/c1-2-3-5-13-19-14-8-9-15-21(19)16-10-17-23-20(22)18-11-6-4-7-12-18/h4,6-7,11-12,19H,2-3,5,8-10,13-17H2,1H3. The van der Waals surface area contributed by atoms with E-state index in [1.165, 1.54) is 51.5 Å². The van der Waals surface area contributed by atoms with Gasteiger partial charge in [0.2, 0.25) is 0 Å². The number of carbonyl (C=O) groups is 1. The molecule has 1 aliphatic rings. The van der Waals surface area contributed by atoms with E-state index in [-0.39, 0.29) is 5.97 Å². The molecule has 1 unspecified atom stereocenters. The Morgan fingerprint density at radius 2 is 2.00 bits per heavy atom. The van der Waals surface area contributed by atoms with Crippen molar-refractivity contribution in [3.8, 4) is 0 Å². The highest BCUT2D eigenvalue weighted by Gasteiger charge is 2.21. The van der Waals surface area contributed by atoms with E-state index in [2.05, 4.69) is 11.8 Å². The number of hydrogen-bond acceptors (Lipinski definition) is 3. The molecule has 1 saturated heterocycles. The maximum Gasteiger partial charge on any atom is 0.338 e. The molecule has 3 nitrogen and oxygen atoms in total. The van der Waals surface area contributed by atoms with Crippen LogP contribution in [0.15, 0.2) is 30.3 Å². The van der Waals surface area contributed by atoms with Crippen LogP contribution in [0.25, 0.3) is 0 Å². The zero-order valence-electron chi connectivity index (χ0n) is 14.5. The van der Waals surface area contributed by atoms with E-state index in [1.54, 1.807) is 12.1 Å². The highest BCUT2D eigenvalue weighted by atomic mass is 16.5. The lowest BCUT2D eigenvalue weighted by Crippen LogP contribution is -2.40. The Morgan fingerprint density at radius 3 is 2.78 bits per heavy atom. The van der Waals surface area contributed by atoms with Gasteiger partial charge >= 0.3 is 5.97 Å². The molecule has 1 heterocycles. The lowest BCUT2D eigenvalue weighted by atomic mass is 9.96. The van der Waals surface area contributed by atoms with E-state index in [9.17, 15) is 4.79 Å². The van der Waals surface area contributed by atoms with Crippen molar-refractivity contribution in [1.29, 1.82) is 0 Å². The topological polar surface area (TPSA) is 29.5 Å². The smallest absolute Gasteiger partial charge is 0.338 e. The van der Waals surface area contributed by atoms with Crippen LogP contribution in [0, 0.1) is 0 Å². The molecule has 1 fully saturated rings. The SMILES string of the molecule is CCCCCC1CCCCN1CCCOC(=O)c1ccccc1. The first kappa shape index (κ1) is 18.0. The number of likely N-dealkylation sites (tertiary alicyclic amines) is 1. The van der Waals surface area contributed by atoms with Gasteiger partial charge in [0.05, 0.1) is 12.2 Å². The van der Waals surface area contributed by atoms with E-state index in [0.29, 0.717) is 12.2 Å². The van der Waals surface area contributed by atoms with Crippen molar-refractivity contribution in [1.82, 2.24) is 4.90 Å². The summed E-state index contributed by atoms with van der Waals surface area (Å²) in [6, 6.07) is 10.00. The van der Waals surface area contributed by atoms with Crippen molar-refractivity contribution < 1.29 is 9.53 Å². The summed E-state index contributed by atoms with van der Waals surface area (Å²) in [5.41, 5.74) is 0.642. The first-order valence-corrected chi connectivity index (χ1v) is 9.27. The van der Waals surface area contributed by atoms with Crippen LogP contribution in [0.5, 0.6) is 0 Å². The van der Waals surface area contributed by atoms with E-state index in [0.717, 1.165) is 19.0 Å². The molecule has 0 radical (unpaired) electrons. The average molecular weight is 317 g/mol. The van der Waals surface area contributed by atoms with Gasteiger partial charge in [0.1, 0.15) is 0 Å². The Hall–Kier alpha value is -1.35. The number of hydrogen-bond donors (Lipinski definition) is 0. The Kier molecular flexibility index (Phi) is 8.16. The van der Waals surface area contributed by atoms with Crippen LogP contribution in [0.1, 0.15) is 68.6 Å². The molecule has 1 aromatic carbocycles. The molecular formula is C20H31NO2. The number of unbranched alkanes of at least 4 members (excludes halogenated alkanes) is 2. The number of piperidine rings is 1. The summed E-state index contributed by atoms with van der Waals surface area (Å²) in [6.45, 7) is 5.05. The van der Waals surface area contributed by atoms with Gasteiger partial charge in [-0.2, -0.15) is 0 Å². The Labute approximate surface area is 141 Å². The highest BCUT2D eigenvalue weighted by Crippen LogP contribution is 2.22. The normalized spacial score (nSPS) is 18.7. The van der Waals surface area contributed by atoms with Crippen LogP contribution in [0.4, 0.5) is 0 Å². The monoisotopic (exact) mass is 317 g/mol. The minimum Gasteiger partial charge on any atom is -0.462 e. The zero-order valence-corrected chi connectivity index (χ0v) is 14.5. The fourth-order valence-electron chi connectivity index (χ4n) is 3.40. The molecule has 0 aromatic heterocycles. The quantitative estimate of drug-likeness (QED) is 0.490. The lowest BCUT2D eigenvalue weighted by Gasteiger charge is -2.35. The summed E-state index contributed by atoms with van der Waals surface area (Å²) in [6.07, 6.45) is 10.3. The van der Waals surface area contributed by atoms with Crippen molar-refractivity contribution in [3.63, 3.8) is 0 Å². The number of rotatable bonds is 9. The minimum absolute atomic E-state index is 0.205. The number of esters is 1. The van der Waals surface area contributed by atoms with Gasteiger partial charge in [-0.1, -0.05) is 50.8 Å². The largest absolute Gasteiger partial charge is 0.462 e. The predicted octanol–water partition coefficient (Wildman–Crippen LogP) is 4.67. The van der Waals surface area contributed by atoms with Crippen LogP contribution in [0.3, 0.4) is 0 Å². The molecule has 0 N–H and O–H groups in total. The van der Waals surface area contributed by atoms with E-state index < -0.39 is 0 Å². The minimum atomic E-state index is -0.205. The molecule has 1 atom stereocenters. The molecule has 128 valence electrons. The van der Waals surface area contributed by atoms with Gasteiger partial charge < -0.3 is 9.64 Å². The number of benzene rings is 1. The molecule has 1 aliphatic heterocycles. The van der Waals surface area contributed by atoms with Crippen molar-refractivity contribution in [2.24, 2.45) is 0 Å². The van der Waals surface area contributed by atoms with Crippen LogP contribution >= 0.6 is 0 Å². The maximum absolute atomic E-state index is 11.9. The van der Waals surface area contributed by atoms with Crippen LogP contribution < -0.4 is 0 Å². The summed E-state index contributed by atoms with van der Waals surface area (Å²) in [5.74, 6) is -0.205. The van der Waals surface area contributed by atoms with Gasteiger partial charge in [0.15, 0.2) is 0 Å². The molecular weight excluding hydrogens is 286 g/mol. The molecule has 0 amide bonds. The van der Waals surface area contributed by atoms with E-state index in [4.69, 9.17) is 4.74 Å². The van der Waals surface area contributed by atoms with Gasteiger partial charge in [-0.3, -0.25) is 0 Å². The van der Waals surface area contributed by atoms with Gasteiger partial charge in [-0.05, 0) is 44.4 Å². The maximum atomic E-state index is 11.9. The second-order valence-corrected chi connectivity index (χ2v) is 6.54.